The van der Waals surface area contributed by atoms with Gasteiger partial charge in [0.05, 0.1) is 0 Å². The Bertz CT molecular complexity index is 333. The summed E-state index contributed by atoms with van der Waals surface area (Å²) in [5, 5.41) is 3.52. The zero-order chi connectivity index (χ0) is 11.6. The van der Waals surface area contributed by atoms with Crippen molar-refractivity contribution in [1.29, 1.82) is 0 Å². The Labute approximate surface area is 99.3 Å². The van der Waals surface area contributed by atoms with E-state index in [0.29, 0.717) is 11.5 Å². The molecule has 1 heteroatoms. The number of rotatable bonds is 3. The van der Waals surface area contributed by atoms with Crippen molar-refractivity contribution < 1.29 is 0 Å². The van der Waals surface area contributed by atoms with Gasteiger partial charge in [-0.25, -0.2) is 0 Å². The molecule has 0 saturated heterocycles. The first-order chi connectivity index (χ1) is 7.65. The molecule has 1 N–H and O–H groups in total. The van der Waals surface area contributed by atoms with Crippen molar-refractivity contribution in [3.63, 3.8) is 0 Å². The zero-order valence-electron chi connectivity index (χ0n) is 10.7. The molecule has 0 bridgehead atoms. The molecule has 2 rings (SSSR count). The summed E-state index contributed by atoms with van der Waals surface area (Å²) in [6, 6.07) is 9.51. The Morgan fingerprint density at radius 3 is 2.19 bits per heavy atom. The average Bonchev–Trinajstić information content (AvgIpc) is 2.70. The molecule has 1 aromatic carbocycles. The summed E-state index contributed by atoms with van der Waals surface area (Å²) in [6.07, 6.45) is 5.49. The molecule has 0 spiro atoms. The third kappa shape index (κ3) is 2.15. The van der Waals surface area contributed by atoms with Crippen molar-refractivity contribution in [3.8, 4) is 0 Å². The highest BCUT2D eigenvalue weighted by Gasteiger charge is 2.36. The van der Waals surface area contributed by atoms with Gasteiger partial charge >= 0.3 is 0 Å². The van der Waals surface area contributed by atoms with Gasteiger partial charge in [-0.05, 0) is 37.8 Å². The fourth-order valence-corrected chi connectivity index (χ4v) is 3.15. The molecule has 0 aliphatic heterocycles. The lowest BCUT2D eigenvalue weighted by Gasteiger charge is -2.34. The molecule has 1 aromatic rings. The molecule has 0 amide bonds. The zero-order valence-corrected chi connectivity index (χ0v) is 10.7. The normalized spacial score (nSPS) is 20.9. The topological polar surface area (TPSA) is 12.0 Å². The Balaban J connectivity index is 2.25. The minimum Gasteiger partial charge on any atom is -0.313 e. The van der Waals surface area contributed by atoms with Crippen LogP contribution in [-0.4, -0.2) is 7.05 Å². The summed E-state index contributed by atoms with van der Waals surface area (Å²) in [6.45, 7) is 4.58. The highest BCUT2D eigenvalue weighted by atomic mass is 14.9. The number of nitrogens with one attached hydrogen (secondary N) is 1. The first kappa shape index (κ1) is 11.7. The first-order valence-corrected chi connectivity index (χ1v) is 6.39. The van der Waals surface area contributed by atoms with E-state index in [4.69, 9.17) is 0 Å². The van der Waals surface area contributed by atoms with E-state index in [-0.39, 0.29) is 0 Å². The summed E-state index contributed by atoms with van der Waals surface area (Å²) in [7, 11) is 2.09. The van der Waals surface area contributed by atoms with Crippen LogP contribution in [0.1, 0.15) is 49.8 Å². The molecule has 1 aliphatic carbocycles. The Hall–Kier alpha value is -0.820. The maximum absolute atomic E-state index is 3.52. The molecule has 0 heterocycles. The number of hydrogen-bond donors (Lipinski definition) is 1. The third-order valence-corrected chi connectivity index (χ3v) is 4.14. The summed E-state index contributed by atoms with van der Waals surface area (Å²) in [4.78, 5) is 0. The van der Waals surface area contributed by atoms with Crippen molar-refractivity contribution in [2.45, 2.75) is 45.6 Å². The predicted octanol–water partition coefficient (Wildman–Crippen LogP) is 3.84. The smallest absolute Gasteiger partial charge is 0.0372 e. The fourth-order valence-electron chi connectivity index (χ4n) is 3.15. The summed E-state index contributed by atoms with van der Waals surface area (Å²) < 4.78 is 0. The van der Waals surface area contributed by atoms with Crippen LogP contribution < -0.4 is 5.32 Å². The average molecular weight is 217 g/mol. The molecule has 1 fully saturated rings. The lowest BCUT2D eigenvalue weighted by atomic mass is 9.77. The van der Waals surface area contributed by atoms with E-state index in [2.05, 4.69) is 50.5 Å². The quantitative estimate of drug-likeness (QED) is 0.811. The molecule has 1 atom stereocenters. The van der Waals surface area contributed by atoms with Crippen LogP contribution >= 0.6 is 0 Å². The van der Waals surface area contributed by atoms with Crippen LogP contribution in [0.25, 0.3) is 0 Å². The van der Waals surface area contributed by atoms with Gasteiger partial charge in [0.1, 0.15) is 0 Å². The van der Waals surface area contributed by atoms with Gasteiger partial charge in [-0.1, -0.05) is 49.6 Å². The Morgan fingerprint density at radius 2 is 1.69 bits per heavy atom. The minimum absolute atomic E-state index is 0.448. The van der Waals surface area contributed by atoms with E-state index in [1.165, 1.54) is 36.8 Å². The maximum Gasteiger partial charge on any atom is 0.0372 e. The van der Waals surface area contributed by atoms with E-state index in [0.717, 1.165) is 0 Å². The maximum atomic E-state index is 3.52. The van der Waals surface area contributed by atoms with Crippen molar-refractivity contribution >= 4 is 0 Å². The molecule has 1 saturated carbocycles. The Kier molecular flexibility index (Phi) is 3.34. The van der Waals surface area contributed by atoms with Crippen LogP contribution in [0.4, 0.5) is 0 Å². The van der Waals surface area contributed by atoms with E-state index >= 15 is 0 Å². The lowest BCUT2D eigenvalue weighted by molar-refractivity contribution is 0.234. The van der Waals surface area contributed by atoms with Crippen molar-refractivity contribution in [2.24, 2.45) is 5.41 Å². The van der Waals surface area contributed by atoms with E-state index < -0.39 is 0 Å². The van der Waals surface area contributed by atoms with Crippen LogP contribution in [0.5, 0.6) is 0 Å². The largest absolute Gasteiger partial charge is 0.313 e. The third-order valence-electron chi connectivity index (χ3n) is 4.14. The number of benzene rings is 1. The van der Waals surface area contributed by atoms with E-state index in [9.17, 15) is 0 Å². The van der Waals surface area contributed by atoms with Crippen molar-refractivity contribution in [1.82, 2.24) is 5.32 Å². The standard InChI is InChI=1S/C15H23N/c1-12-6-8-13(9-7-12)14(16-3)15(2)10-4-5-11-15/h6-9,14,16H,4-5,10-11H2,1-3H3. The van der Waals surface area contributed by atoms with Gasteiger partial charge in [0, 0.05) is 6.04 Å². The van der Waals surface area contributed by atoms with Crippen molar-refractivity contribution in [3.05, 3.63) is 35.4 Å². The molecule has 0 radical (unpaired) electrons. The second-order valence-corrected chi connectivity index (χ2v) is 5.49. The second kappa shape index (κ2) is 4.58. The second-order valence-electron chi connectivity index (χ2n) is 5.49. The van der Waals surface area contributed by atoms with E-state index in [1.807, 2.05) is 0 Å². The molecule has 1 nitrogen and oxygen atoms in total. The fraction of sp³-hybridized carbons (Fsp3) is 0.600. The molecule has 0 aromatic heterocycles. The van der Waals surface area contributed by atoms with Crippen molar-refractivity contribution in [2.75, 3.05) is 7.05 Å². The summed E-state index contributed by atoms with van der Waals surface area (Å²) in [5.74, 6) is 0. The summed E-state index contributed by atoms with van der Waals surface area (Å²) in [5.41, 5.74) is 3.23. The van der Waals surface area contributed by atoms with Gasteiger partial charge in [0.15, 0.2) is 0 Å². The number of hydrogen-bond acceptors (Lipinski definition) is 1. The molecule has 88 valence electrons. The van der Waals surface area contributed by atoms with Gasteiger partial charge in [0.2, 0.25) is 0 Å². The van der Waals surface area contributed by atoms with Crippen LogP contribution in [0, 0.1) is 12.3 Å². The molecule has 1 aliphatic rings. The van der Waals surface area contributed by atoms with Gasteiger partial charge in [0.25, 0.3) is 0 Å². The van der Waals surface area contributed by atoms with Gasteiger partial charge in [-0.3, -0.25) is 0 Å². The van der Waals surface area contributed by atoms with E-state index in [1.54, 1.807) is 0 Å². The molecule has 16 heavy (non-hydrogen) atoms. The van der Waals surface area contributed by atoms with Crippen LogP contribution in [0.2, 0.25) is 0 Å². The van der Waals surface area contributed by atoms with Gasteiger partial charge < -0.3 is 5.32 Å². The van der Waals surface area contributed by atoms with Gasteiger partial charge in [-0.15, -0.1) is 0 Å². The van der Waals surface area contributed by atoms with Crippen LogP contribution in [-0.2, 0) is 0 Å². The monoisotopic (exact) mass is 217 g/mol. The van der Waals surface area contributed by atoms with Crippen LogP contribution in [0.3, 0.4) is 0 Å². The Morgan fingerprint density at radius 1 is 1.12 bits per heavy atom. The SMILES string of the molecule is CNC(c1ccc(C)cc1)C1(C)CCCC1. The summed E-state index contributed by atoms with van der Waals surface area (Å²) >= 11 is 0. The molecular formula is C15H23N. The van der Waals surface area contributed by atoms with Gasteiger partial charge in [-0.2, -0.15) is 0 Å². The van der Waals surface area contributed by atoms with Crippen LogP contribution in [0.15, 0.2) is 24.3 Å². The number of aryl methyl sites for hydroxylation is 1. The predicted molar refractivity (Wildman–Crippen MR) is 69.6 cm³/mol. The highest BCUT2D eigenvalue weighted by Crippen LogP contribution is 2.46. The lowest BCUT2D eigenvalue weighted by Crippen LogP contribution is -2.32. The molecule has 1 unspecified atom stereocenters. The highest BCUT2D eigenvalue weighted by molar-refractivity contribution is 5.26. The molecular weight excluding hydrogens is 194 g/mol. The minimum atomic E-state index is 0.448. The first-order valence-electron chi connectivity index (χ1n) is 6.39.